The summed E-state index contributed by atoms with van der Waals surface area (Å²) in [6, 6.07) is 0. The van der Waals surface area contributed by atoms with Crippen LogP contribution in [0.5, 0.6) is 0 Å². The third kappa shape index (κ3) is 8.90. The molecule has 6 atom stereocenters. The summed E-state index contributed by atoms with van der Waals surface area (Å²) >= 11 is 0. The first-order chi connectivity index (χ1) is 16.4. The molecule has 4 nitrogen and oxygen atoms in total. The second kappa shape index (κ2) is 15.4. The van der Waals surface area contributed by atoms with Gasteiger partial charge in [0.2, 0.25) is 5.91 Å². The Morgan fingerprint density at radius 2 is 1.88 bits per heavy atom. The van der Waals surface area contributed by atoms with Gasteiger partial charge in [0, 0.05) is 31.8 Å². The van der Waals surface area contributed by atoms with Crippen LogP contribution in [0.4, 0.5) is 0 Å². The van der Waals surface area contributed by atoms with E-state index in [1.165, 1.54) is 5.57 Å². The molecule has 2 aliphatic rings. The Labute approximate surface area is 208 Å². The van der Waals surface area contributed by atoms with Crippen molar-refractivity contribution < 1.29 is 15.0 Å². The van der Waals surface area contributed by atoms with Crippen molar-refractivity contribution in [3.8, 4) is 11.8 Å². The summed E-state index contributed by atoms with van der Waals surface area (Å²) in [7, 11) is 0. The minimum atomic E-state index is -0.518. The van der Waals surface area contributed by atoms with E-state index in [2.05, 4.69) is 42.7 Å². The smallest absolute Gasteiger partial charge is 0.222 e. The molecule has 2 rings (SSSR count). The topological polar surface area (TPSA) is 60.8 Å². The van der Waals surface area contributed by atoms with Gasteiger partial charge in [-0.25, -0.2) is 0 Å². The summed E-state index contributed by atoms with van der Waals surface area (Å²) in [5.41, 5.74) is 1.49. The van der Waals surface area contributed by atoms with Crippen LogP contribution in [-0.2, 0) is 4.79 Å². The summed E-state index contributed by atoms with van der Waals surface area (Å²) in [5.74, 6) is 7.47. The monoisotopic (exact) mass is 471 g/mol. The van der Waals surface area contributed by atoms with Crippen molar-refractivity contribution in [3.63, 3.8) is 0 Å². The largest absolute Gasteiger partial charge is 0.392 e. The Morgan fingerprint density at radius 3 is 2.53 bits per heavy atom. The number of amides is 1. The summed E-state index contributed by atoms with van der Waals surface area (Å²) in [4.78, 5) is 14.7. The Balaban J connectivity index is 1.82. The van der Waals surface area contributed by atoms with E-state index in [1.807, 2.05) is 19.9 Å². The fourth-order valence-corrected chi connectivity index (χ4v) is 5.53. The molecule has 0 unspecified atom stereocenters. The van der Waals surface area contributed by atoms with E-state index in [9.17, 15) is 15.0 Å². The molecule has 0 saturated heterocycles. The summed E-state index contributed by atoms with van der Waals surface area (Å²) < 4.78 is 0. The highest BCUT2D eigenvalue weighted by atomic mass is 16.3. The van der Waals surface area contributed by atoms with Gasteiger partial charge >= 0.3 is 0 Å². The normalized spacial score (nSPS) is 26.9. The van der Waals surface area contributed by atoms with Crippen molar-refractivity contribution in [1.82, 2.24) is 4.90 Å². The number of carbonyl (C=O) groups excluding carboxylic acids is 1. The van der Waals surface area contributed by atoms with Gasteiger partial charge in [0.1, 0.15) is 0 Å². The molecule has 192 valence electrons. The number of rotatable bonds is 14. The van der Waals surface area contributed by atoms with E-state index in [-0.39, 0.29) is 17.9 Å². The molecule has 2 fully saturated rings. The van der Waals surface area contributed by atoms with Gasteiger partial charge in [0.25, 0.3) is 0 Å². The molecule has 2 aliphatic carbocycles. The van der Waals surface area contributed by atoms with Crippen LogP contribution in [0.15, 0.2) is 23.8 Å². The second-order valence-electron chi connectivity index (χ2n) is 10.5. The molecule has 0 aromatic heterocycles. The minimum Gasteiger partial charge on any atom is -0.392 e. The molecule has 0 spiro atoms. The van der Waals surface area contributed by atoms with Crippen LogP contribution in [0, 0.1) is 35.5 Å². The molecule has 0 bridgehead atoms. The van der Waals surface area contributed by atoms with Crippen LogP contribution in [0.25, 0.3) is 0 Å². The van der Waals surface area contributed by atoms with Crippen LogP contribution >= 0.6 is 0 Å². The van der Waals surface area contributed by atoms with Gasteiger partial charge < -0.3 is 15.1 Å². The maximum Gasteiger partial charge on any atom is 0.222 e. The Kier molecular flexibility index (Phi) is 13.0. The van der Waals surface area contributed by atoms with Crippen molar-refractivity contribution >= 4 is 5.91 Å². The number of hydrogen-bond acceptors (Lipinski definition) is 3. The zero-order valence-electron chi connectivity index (χ0n) is 22.1. The van der Waals surface area contributed by atoms with Gasteiger partial charge in [-0.15, -0.1) is 11.8 Å². The molecule has 0 aromatic carbocycles. The molecular weight excluding hydrogens is 422 g/mol. The lowest BCUT2D eigenvalue weighted by Gasteiger charge is -2.22. The first-order valence-corrected chi connectivity index (χ1v) is 13.8. The van der Waals surface area contributed by atoms with Crippen LogP contribution in [0.1, 0.15) is 98.3 Å². The molecular formula is C30H49NO3. The fraction of sp³-hybridized carbons (Fsp3) is 0.767. The Bertz CT molecular complexity index is 723. The predicted molar refractivity (Wildman–Crippen MR) is 141 cm³/mol. The second-order valence-corrected chi connectivity index (χ2v) is 10.5. The van der Waals surface area contributed by atoms with Crippen molar-refractivity contribution in [2.45, 2.75) is 111 Å². The van der Waals surface area contributed by atoms with Gasteiger partial charge in [-0.05, 0) is 69.6 Å². The van der Waals surface area contributed by atoms with Crippen molar-refractivity contribution in [2.75, 3.05) is 13.1 Å². The number of aliphatic hydroxyl groups excluding tert-OH is 2. The molecule has 2 N–H and O–H groups in total. The van der Waals surface area contributed by atoms with Crippen LogP contribution in [0.3, 0.4) is 0 Å². The van der Waals surface area contributed by atoms with Crippen molar-refractivity contribution in [1.29, 1.82) is 0 Å². The first-order valence-electron chi connectivity index (χ1n) is 13.8. The fourth-order valence-electron chi connectivity index (χ4n) is 5.53. The zero-order chi connectivity index (χ0) is 24.9. The van der Waals surface area contributed by atoms with E-state index >= 15 is 0 Å². The number of nitrogens with zero attached hydrogens (tertiary/aromatic N) is 1. The summed E-state index contributed by atoms with van der Waals surface area (Å²) in [6.07, 6.45) is 16.1. The summed E-state index contributed by atoms with van der Waals surface area (Å²) in [6.45, 7) is 9.99. The minimum absolute atomic E-state index is 0.0969. The van der Waals surface area contributed by atoms with Crippen LogP contribution in [-0.4, -0.2) is 46.3 Å². The van der Waals surface area contributed by atoms with Crippen molar-refractivity contribution in [2.24, 2.45) is 23.7 Å². The maximum atomic E-state index is 12.7. The molecule has 4 heteroatoms. The lowest BCUT2D eigenvalue weighted by molar-refractivity contribution is -0.131. The summed E-state index contributed by atoms with van der Waals surface area (Å²) in [5, 5.41) is 21.0. The number of aliphatic hydroxyl groups is 2. The molecule has 0 heterocycles. The third-order valence-corrected chi connectivity index (χ3v) is 7.77. The molecule has 2 saturated carbocycles. The van der Waals surface area contributed by atoms with Gasteiger partial charge in [0.15, 0.2) is 0 Å². The highest BCUT2D eigenvalue weighted by Crippen LogP contribution is 2.50. The van der Waals surface area contributed by atoms with E-state index in [1.54, 1.807) is 0 Å². The average molecular weight is 472 g/mol. The molecule has 0 aromatic rings. The number of allylic oxidation sites excluding steroid dienone is 2. The van der Waals surface area contributed by atoms with E-state index < -0.39 is 6.10 Å². The predicted octanol–water partition coefficient (Wildman–Crippen LogP) is 5.89. The van der Waals surface area contributed by atoms with E-state index in [4.69, 9.17) is 0 Å². The Morgan fingerprint density at radius 1 is 1.18 bits per heavy atom. The molecule has 0 aliphatic heterocycles. The molecule has 34 heavy (non-hydrogen) atoms. The van der Waals surface area contributed by atoms with Gasteiger partial charge in [0.05, 0.1) is 12.2 Å². The quantitative estimate of drug-likeness (QED) is 0.189. The zero-order valence-corrected chi connectivity index (χ0v) is 22.1. The van der Waals surface area contributed by atoms with Crippen LogP contribution in [0.2, 0.25) is 0 Å². The molecule has 0 radical (unpaired) electrons. The highest BCUT2D eigenvalue weighted by Gasteiger charge is 2.45. The first kappa shape index (κ1) is 28.7. The van der Waals surface area contributed by atoms with E-state index in [0.717, 1.165) is 70.9 Å². The highest BCUT2D eigenvalue weighted by molar-refractivity contribution is 5.76. The Hall–Kier alpha value is -1.57. The molecule has 1 amide bonds. The van der Waals surface area contributed by atoms with Gasteiger partial charge in [-0.3, -0.25) is 4.79 Å². The number of carbonyl (C=O) groups is 1. The third-order valence-electron chi connectivity index (χ3n) is 7.77. The lowest BCUT2D eigenvalue weighted by atomic mass is 9.89. The van der Waals surface area contributed by atoms with Crippen molar-refractivity contribution in [3.05, 3.63) is 23.8 Å². The maximum absolute atomic E-state index is 12.7. The lowest BCUT2D eigenvalue weighted by Crippen LogP contribution is -2.32. The standard InChI is InChI=1S/C30H49NO3/c1-5-8-13-23(4)28(32)17-16-26-27-21-24(20-25(27)22-29(26)33)14-11-12-15-30(34)31(18-9-6-2)19-10-7-3/h14,16-17,23,25-29,32-33H,6-7,9-13,15,18-22H2,1-4H3/b17-16+,24-14+/t23-,25-,26+,27-,28+,29+/m0/s1. The van der Waals surface area contributed by atoms with Gasteiger partial charge in [-0.1, -0.05) is 57.4 Å². The van der Waals surface area contributed by atoms with Crippen LogP contribution < -0.4 is 0 Å². The number of hydrogen-bond donors (Lipinski definition) is 2. The van der Waals surface area contributed by atoms with E-state index in [0.29, 0.717) is 30.6 Å². The van der Waals surface area contributed by atoms with Gasteiger partial charge in [-0.2, -0.15) is 0 Å². The average Bonchev–Trinajstić information content (AvgIpc) is 3.34. The SMILES string of the molecule is CC#CC[C@H](C)[C@H](O)/C=C/[C@@H]1[C@H]2C/C(=C/CCCC(=O)N(CCCC)CCCC)C[C@H]2C[C@H]1O. The number of unbranched alkanes of at least 4 members (excludes halogenated alkanes) is 3. The number of fused-ring (bicyclic) bond motifs is 1.